The zero-order valence-corrected chi connectivity index (χ0v) is 15.8. The first-order valence-corrected chi connectivity index (χ1v) is 9.79. The molecule has 10 heteroatoms. The predicted octanol–water partition coefficient (Wildman–Crippen LogP) is 1.73. The molecule has 0 aromatic carbocycles. The van der Waals surface area contributed by atoms with Crippen LogP contribution in [-0.2, 0) is 17.4 Å². The Morgan fingerprint density at radius 3 is 2.45 bits per heavy atom. The molecule has 3 aliphatic rings. The van der Waals surface area contributed by atoms with Crippen LogP contribution in [0.5, 0.6) is 0 Å². The highest BCUT2D eigenvalue weighted by molar-refractivity contribution is 5.82. The van der Waals surface area contributed by atoms with E-state index in [2.05, 4.69) is 10.3 Å². The van der Waals surface area contributed by atoms with Crippen molar-refractivity contribution < 1.29 is 22.8 Å². The smallest absolute Gasteiger partial charge is 0.347 e. The monoisotopic (exact) mass is 412 g/mol. The van der Waals surface area contributed by atoms with Gasteiger partial charge >= 0.3 is 12.2 Å². The number of likely N-dealkylation sites (tertiary alicyclic amines) is 2. The number of hydrogen-bond acceptors (Lipinski definition) is 3. The fourth-order valence-corrected chi connectivity index (χ4v) is 4.52. The normalized spacial score (nSPS) is 22.0. The highest BCUT2D eigenvalue weighted by atomic mass is 19.4. The SMILES string of the molecule is O=C1CCC2(CN(C(=O)N3CCC(Cc4cc(C(F)(F)F)c[nH]c4=O)CC3)C2)N1. The Hall–Kier alpha value is -2.52. The molecule has 29 heavy (non-hydrogen) atoms. The van der Waals surface area contributed by atoms with Gasteiger partial charge in [-0.05, 0) is 37.7 Å². The molecule has 0 saturated carbocycles. The molecular formula is C19H23F3N4O3. The predicted molar refractivity (Wildman–Crippen MR) is 97.1 cm³/mol. The zero-order valence-electron chi connectivity index (χ0n) is 15.8. The number of alkyl halides is 3. The third kappa shape index (κ3) is 3.97. The Morgan fingerprint density at radius 1 is 1.17 bits per heavy atom. The Labute approximate surface area is 165 Å². The Kier molecular flexibility index (Phi) is 4.82. The van der Waals surface area contributed by atoms with E-state index in [9.17, 15) is 27.6 Å². The third-order valence-electron chi connectivity index (χ3n) is 6.19. The van der Waals surface area contributed by atoms with Gasteiger partial charge in [-0.2, -0.15) is 13.2 Å². The number of nitrogens with one attached hydrogen (secondary N) is 2. The number of pyridine rings is 1. The molecule has 2 N–H and O–H groups in total. The van der Waals surface area contributed by atoms with Crippen molar-refractivity contribution in [3.05, 3.63) is 33.7 Å². The van der Waals surface area contributed by atoms with E-state index >= 15 is 0 Å². The lowest BCUT2D eigenvalue weighted by atomic mass is 9.88. The highest BCUT2D eigenvalue weighted by Crippen LogP contribution is 2.32. The maximum Gasteiger partial charge on any atom is 0.417 e. The van der Waals surface area contributed by atoms with Crippen LogP contribution in [0.25, 0.3) is 0 Å². The van der Waals surface area contributed by atoms with E-state index < -0.39 is 17.3 Å². The first-order valence-electron chi connectivity index (χ1n) is 9.79. The van der Waals surface area contributed by atoms with Crippen LogP contribution in [0.2, 0.25) is 0 Å². The molecule has 3 amide bonds. The van der Waals surface area contributed by atoms with Gasteiger partial charge in [-0.15, -0.1) is 0 Å². The molecule has 1 aromatic heterocycles. The molecule has 4 rings (SSSR count). The molecule has 3 fully saturated rings. The first-order chi connectivity index (χ1) is 13.7. The summed E-state index contributed by atoms with van der Waals surface area (Å²) in [5.41, 5.74) is -1.48. The van der Waals surface area contributed by atoms with Gasteiger partial charge in [0.05, 0.1) is 11.1 Å². The molecule has 4 heterocycles. The zero-order chi connectivity index (χ0) is 20.8. The summed E-state index contributed by atoms with van der Waals surface area (Å²) in [6, 6.07) is 0.860. The second-order valence-electron chi connectivity index (χ2n) is 8.34. The molecule has 0 aliphatic carbocycles. The van der Waals surface area contributed by atoms with E-state index in [1.165, 1.54) is 0 Å². The minimum atomic E-state index is -4.50. The summed E-state index contributed by atoms with van der Waals surface area (Å²) in [6.45, 7) is 2.07. The lowest BCUT2D eigenvalue weighted by Gasteiger charge is -2.49. The summed E-state index contributed by atoms with van der Waals surface area (Å²) in [4.78, 5) is 41.6. The number of amides is 3. The molecule has 1 spiro atoms. The topological polar surface area (TPSA) is 85.5 Å². The van der Waals surface area contributed by atoms with Crippen LogP contribution < -0.4 is 10.9 Å². The molecule has 7 nitrogen and oxygen atoms in total. The molecule has 0 unspecified atom stereocenters. The van der Waals surface area contributed by atoms with E-state index in [0.29, 0.717) is 51.6 Å². The summed E-state index contributed by atoms with van der Waals surface area (Å²) in [7, 11) is 0. The van der Waals surface area contributed by atoms with E-state index in [-0.39, 0.29) is 35.4 Å². The number of piperidine rings is 1. The molecule has 1 aromatic rings. The van der Waals surface area contributed by atoms with E-state index in [1.807, 2.05) is 0 Å². The van der Waals surface area contributed by atoms with Crippen molar-refractivity contribution in [1.82, 2.24) is 20.1 Å². The molecule has 0 atom stereocenters. The quantitative estimate of drug-likeness (QED) is 0.776. The number of rotatable bonds is 2. The average molecular weight is 412 g/mol. The molecular weight excluding hydrogens is 389 g/mol. The minimum Gasteiger partial charge on any atom is -0.347 e. The minimum absolute atomic E-state index is 0.0301. The van der Waals surface area contributed by atoms with Gasteiger partial charge in [-0.25, -0.2) is 4.79 Å². The van der Waals surface area contributed by atoms with Crippen LogP contribution in [0.15, 0.2) is 17.1 Å². The fourth-order valence-electron chi connectivity index (χ4n) is 4.52. The van der Waals surface area contributed by atoms with Crippen LogP contribution in [0.1, 0.15) is 36.8 Å². The number of aromatic amines is 1. The largest absolute Gasteiger partial charge is 0.417 e. The number of urea groups is 1. The van der Waals surface area contributed by atoms with Crippen LogP contribution in [0.4, 0.5) is 18.0 Å². The van der Waals surface area contributed by atoms with Crippen LogP contribution in [-0.4, -0.2) is 58.4 Å². The van der Waals surface area contributed by atoms with E-state index in [1.54, 1.807) is 9.80 Å². The Bertz CT molecular complexity index is 868. The van der Waals surface area contributed by atoms with Gasteiger partial charge in [0.25, 0.3) is 5.56 Å². The van der Waals surface area contributed by atoms with Gasteiger partial charge < -0.3 is 20.1 Å². The third-order valence-corrected chi connectivity index (χ3v) is 6.19. The molecule has 0 bridgehead atoms. The summed E-state index contributed by atoms with van der Waals surface area (Å²) in [6.07, 6.45) is -1.01. The molecule has 0 radical (unpaired) electrons. The van der Waals surface area contributed by atoms with Gasteiger partial charge in [-0.1, -0.05) is 0 Å². The maximum absolute atomic E-state index is 12.9. The van der Waals surface area contributed by atoms with Crippen LogP contribution in [0.3, 0.4) is 0 Å². The number of carbonyl (C=O) groups is 2. The maximum atomic E-state index is 12.9. The highest BCUT2D eigenvalue weighted by Gasteiger charge is 2.50. The van der Waals surface area contributed by atoms with Crippen molar-refractivity contribution >= 4 is 11.9 Å². The molecule has 158 valence electrons. The Balaban J connectivity index is 1.30. The van der Waals surface area contributed by atoms with Gasteiger partial charge in [-0.3, -0.25) is 9.59 Å². The number of nitrogens with zero attached hydrogens (tertiary/aromatic N) is 2. The van der Waals surface area contributed by atoms with Gasteiger partial charge in [0.15, 0.2) is 0 Å². The number of aromatic nitrogens is 1. The van der Waals surface area contributed by atoms with Gasteiger partial charge in [0, 0.05) is 44.4 Å². The van der Waals surface area contributed by atoms with Crippen LogP contribution in [0, 0.1) is 5.92 Å². The fraction of sp³-hybridized carbons (Fsp3) is 0.632. The second-order valence-corrected chi connectivity index (χ2v) is 8.34. The summed E-state index contributed by atoms with van der Waals surface area (Å²) >= 11 is 0. The van der Waals surface area contributed by atoms with Gasteiger partial charge in [0.1, 0.15) is 0 Å². The average Bonchev–Trinajstić information content (AvgIpc) is 3.04. The van der Waals surface area contributed by atoms with E-state index in [0.717, 1.165) is 12.5 Å². The summed E-state index contributed by atoms with van der Waals surface area (Å²) in [5, 5.41) is 2.95. The number of halogens is 3. The summed E-state index contributed by atoms with van der Waals surface area (Å²) in [5.74, 6) is 0.0861. The number of carbonyl (C=O) groups excluding carboxylic acids is 2. The van der Waals surface area contributed by atoms with Crippen LogP contribution >= 0.6 is 0 Å². The molecule has 3 saturated heterocycles. The lowest BCUT2D eigenvalue weighted by Crippen LogP contribution is -2.70. The van der Waals surface area contributed by atoms with Crippen molar-refractivity contribution in [2.24, 2.45) is 5.92 Å². The second kappa shape index (κ2) is 7.07. The van der Waals surface area contributed by atoms with Crippen molar-refractivity contribution in [3.8, 4) is 0 Å². The number of hydrogen-bond donors (Lipinski definition) is 2. The van der Waals surface area contributed by atoms with E-state index in [4.69, 9.17) is 0 Å². The van der Waals surface area contributed by atoms with Gasteiger partial charge in [0.2, 0.25) is 5.91 Å². The lowest BCUT2D eigenvalue weighted by molar-refractivity contribution is -0.137. The van der Waals surface area contributed by atoms with Crippen molar-refractivity contribution in [3.63, 3.8) is 0 Å². The standard InChI is InChI=1S/C19H23F3N4O3/c20-19(21,22)14-8-13(16(28)23-9-14)7-12-2-5-25(6-3-12)17(29)26-10-18(11-26)4-1-15(27)24-18/h8-9,12H,1-7,10-11H2,(H,23,28)(H,24,27). The number of H-pyrrole nitrogens is 1. The first kappa shape index (κ1) is 19.8. The molecule has 3 aliphatic heterocycles. The van der Waals surface area contributed by atoms with Crippen molar-refractivity contribution in [2.45, 2.75) is 43.8 Å². The van der Waals surface area contributed by atoms with Crippen molar-refractivity contribution in [1.29, 1.82) is 0 Å². The van der Waals surface area contributed by atoms with Crippen molar-refractivity contribution in [2.75, 3.05) is 26.2 Å². The summed E-state index contributed by atoms with van der Waals surface area (Å²) < 4.78 is 38.6. The Morgan fingerprint density at radius 2 is 1.86 bits per heavy atom.